The van der Waals surface area contributed by atoms with Crippen molar-refractivity contribution in [3.8, 4) is 0 Å². The molecule has 7 atom stereocenters. The van der Waals surface area contributed by atoms with Crippen LogP contribution in [0.25, 0.3) is 0 Å². The molecule has 156 valence electrons. The fourth-order valence-corrected chi connectivity index (χ4v) is 7.83. The topological polar surface area (TPSA) is 72.8 Å². The summed E-state index contributed by atoms with van der Waals surface area (Å²) in [5, 5.41) is 11.4. The average molecular weight is 391 g/mol. The largest absolute Gasteiger partial charge is 0.393 e. The molecule has 0 aliphatic heterocycles. The van der Waals surface area contributed by atoms with E-state index in [0.29, 0.717) is 31.1 Å². The van der Waals surface area contributed by atoms with Gasteiger partial charge in [-0.05, 0) is 67.8 Å². The van der Waals surface area contributed by atoms with Gasteiger partial charge in [0.15, 0.2) is 11.6 Å². The highest BCUT2D eigenvalue weighted by molar-refractivity contribution is 5.92. The Hall–Kier alpha value is -1.04. The maximum atomic E-state index is 13.1. The zero-order valence-corrected chi connectivity index (χ0v) is 17.6. The second-order valence-corrected chi connectivity index (χ2v) is 10.0. The third-order valence-electron chi connectivity index (χ3n) is 9.09. The summed E-state index contributed by atoms with van der Waals surface area (Å²) in [6, 6.07) is 0. The van der Waals surface area contributed by atoms with E-state index in [1.807, 2.05) is 6.08 Å². The maximum absolute atomic E-state index is 13.1. The van der Waals surface area contributed by atoms with Gasteiger partial charge in [-0.2, -0.15) is 0 Å². The molecule has 3 fully saturated rings. The molecular weight excluding hydrogens is 356 g/mol. The van der Waals surface area contributed by atoms with Crippen molar-refractivity contribution in [2.75, 3.05) is 20.8 Å². The van der Waals surface area contributed by atoms with Crippen molar-refractivity contribution in [3.05, 3.63) is 11.6 Å². The van der Waals surface area contributed by atoms with E-state index in [4.69, 9.17) is 9.47 Å². The lowest BCUT2D eigenvalue weighted by Gasteiger charge is -2.60. The molecule has 0 radical (unpaired) electrons. The van der Waals surface area contributed by atoms with Crippen molar-refractivity contribution in [3.63, 3.8) is 0 Å². The molecule has 0 amide bonds. The summed E-state index contributed by atoms with van der Waals surface area (Å²) in [5.41, 5.74) is -0.134. The van der Waals surface area contributed by atoms with Gasteiger partial charge in [0, 0.05) is 26.1 Å². The molecular formula is C23H34O5. The fourth-order valence-electron chi connectivity index (χ4n) is 7.83. The summed E-state index contributed by atoms with van der Waals surface area (Å²) in [6.45, 7) is 4.45. The standard InChI is InChI=1S/C23H34O5/c1-21-9-7-15(24)11-14(21)5-6-16-17-8-10-23(28-4,19(26)13-27-3)22(17,2)12-18(25)20(16)21/h11,16-18,20,25H,5-10,12-13H2,1-4H3/t16-,17-,18-,20+,21-,22-,23-/m0/s1. The van der Waals surface area contributed by atoms with E-state index in [1.54, 1.807) is 14.2 Å². The highest BCUT2D eigenvalue weighted by atomic mass is 16.5. The molecule has 28 heavy (non-hydrogen) atoms. The van der Waals surface area contributed by atoms with Crippen LogP contribution in [0.2, 0.25) is 0 Å². The molecule has 5 nitrogen and oxygen atoms in total. The molecule has 4 aliphatic rings. The molecule has 0 aromatic rings. The van der Waals surface area contributed by atoms with Crippen LogP contribution in [-0.4, -0.2) is 49.2 Å². The zero-order chi connectivity index (χ0) is 20.3. The smallest absolute Gasteiger partial charge is 0.190 e. The number of aliphatic hydroxyl groups excluding tert-OH is 1. The Bertz CT molecular complexity index is 714. The molecule has 4 aliphatic carbocycles. The van der Waals surface area contributed by atoms with Crippen molar-refractivity contribution in [2.24, 2.45) is 28.6 Å². The monoisotopic (exact) mass is 390 g/mol. The summed E-state index contributed by atoms with van der Waals surface area (Å²) in [7, 11) is 3.18. The summed E-state index contributed by atoms with van der Waals surface area (Å²) >= 11 is 0. The molecule has 0 spiro atoms. The van der Waals surface area contributed by atoms with Crippen molar-refractivity contribution in [1.29, 1.82) is 0 Å². The molecule has 0 heterocycles. The van der Waals surface area contributed by atoms with Gasteiger partial charge in [0.2, 0.25) is 0 Å². The summed E-state index contributed by atoms with van der Waals surface area (Å²) in [4.78, 5) is 25.1. The van der Waals surface area contributed by atoms with Gasteiger partial charge >= 0.3 is 0 Å². The molecule has 0 aromatic carbocycles. The minimum absolute atomic E-state index is 0.000908. The van der Waals surface area contributed by atoms with Gasteiger partial charge in [0.1, 0.15) is 12.2 Å². The summed E-state index contributed by atoms with van der Waals surface area (Å²) in [6.07, 6.45) is 6.89. The van der Waals surface area contributed by atoms with E-state index in [0.717, 1.165) is 25.7 Å². The number of Topliss-reactive ketones (excluding diaryl/α,β-unsaturated/α-hetero) is 1. The molecule has 1 N–H and O–H groups in total. The number of aliphatic hydroxyl groups is 1. The summed E-state index contributed by atoms with van der Waals surface area (Å²) < 4.78 is 11.1. The van der Waals surface area contributed by atoms with Crippen molar-refractivity contribution >= 4 is 11.6 Å². The number of ketones is 2. The number of rotatable bonds is 4. The van der Waals surface area contributed by atoms with Crippen LogP contribution in [0.15, 0.2) is 11.6 Å². The second kappa shape index (κ2) is 6.75. The number of allylic oxidation sites excluding steroid dienone is 1. The fraction of sp³-hybridized carbons (Fsp3) is 0.826. The average Bonchev–Trinajstić information content (AvgIpc) is 2.95. The van der Waals surface area contributed by atoms with E-state index in [-0.39, 0.29) is 34.9 Å². The number of hydrogen-bond acceptors (Lipinski definition) is 5. The van der Waals surface area contributed by atoms with Crippen LogP contribution in [-0.2, 0) is 19.1 Å². The van der Waals surface area contributed by atoms with Crippen LogP contribution < -0.4 is 0 Å². The Morgan fingerprint density at radius 1 is 1.21 bits per heavy atom. The Kier molecular flexibility index (Phi) is 4.88. The second-order valence-electron chi connectivity index (χ2n) is 10.0. The first-order chi connectivity index (χ1) is 13.2. The lowest BCUT2D eigenvalue weighted by molar-refractivity contribution is -0.190. The van der Waals surface area contributed by atoms with Crippen molar-refractivity contribution in [1.82, 2.24) is 0 Å². The van der Waals surface area contributed by atoms with Crippen molar-refractivity contribution < 1.29 is 24.2 Å². The predicted molar refractivity (Wildman–Crippen MR) is 105 cm³/mol. The zero-order valence-electron chi connectivity index (χ0n) is 17.6. The summed E-state index contributed by atoms with van der Waals surface area (Å²) in [5.74, 6) is 1.09. The van der Waals surface area contributed by atoms with E-state index in [9.17, 15) is 14.7 Å². The van der Waals surface area contributed by atoms with Crippen LogP contribution in [0.3, 0.4) is 0 Å². The number of ether oxygens (including phenoxy) is 2. The Labute approximate surface area is 167 Å². The third-order valence-corrected chi connectivity index (χ3v) is 9.09. The maximum Gasteiger partial charge on any atom is 0.190 e. The number of methoxy groups -OCH3 is 2. The predicted octanol–water partition coefficient (Wildman–Crippen LogP) is 3.09. The first-order valence-corrected chi connectivity index (χ1v) is 10.7. The Balaban J connectivity index is 1.73. The highest BCUT2D eigenvalue weighted by Gasteiger charge is 2.69. The molecule has 0 aromatic heterocycles. The number of carbonyl (C=O) groups excluding carboxylic acids is 2. The first-order valence-electron chi connectivity index (χ1n) is 10.7. The van der Waals surface area contributed by atoms with Crippen LogP contribution in [0.1, 0.15) is 58.8 Å². The van der Waals surface area contributed by atoms with Gasteiger partial charge in [0.05, 0.1) is 6.10 Å². The number of fused-ring (bicyclic) bond motifs is 5. The molecule has 3 saturated carbocycles. The van der Waals surface area contributed by atoms with E-state index in [2.05, 4.69) is 13.8 Å². The minimum atomic E-state index is -0.876. The van der Waals surface area contributed by atoms with Gasteiger partial charge in [0.25, 0.3) is 0 Å². The minimum Gasteiger partial charge on any atom is -0.393 e. The van der Waals surface area contributed by atoms with Gasteiger partial charge in [-0.3, -0.25) is 9.59 Å². The van der Waals surface area contributed by atoms with Crippen molar-refractivity contribution in [2.45, 2.75) is 70.5 Å². The molecule has 0 bridgehead atoms. The van der Waals surface area contributed by atoms with Crippen LogP contribution in [0.5, 0.6) is 0 Å². The lowest BCUT2D eigenvalue weighted by Crippen LogP contribution is -2.62. The van der Waals surface area contributed by atoms with Gasteiger partial charge < -0.3 is 14.6 Å². The SMILES string of the molecule is COCC(=O)[C@@]1(OC)CC[C@H]2[C@@H]3CCC4=CC(=O)CC[C@]4(C)[C@H]3[C@@H](O)C[C@@]21C. The van der Waals surface area contributed by atoms with E-state index < -0.39 is 11.7 Å². The molecule has 0 unspecified atom stereocenters. The molecule has 0 saturated heterocycles. The highest BCUT2D eigenvalue weighted by Crippen LogP contribution is 2.68. The van der Waals surface area contributed by atoms with E-state index in [1.165, 1.54) is 5.57 Å². The normalized spacial score (nSPS) is 47.8. The number of hydrogen-bond donors (Lipinski definition) is 1. The van der Waals surface area contributed by atoms with Crippen LogP contribution in [0, 0.1) is 28.6 Å². The van der Waals surface area contributed by atoms with Crippen LogP contribution in [0.4, 0.5) is 0 Å². The Morgan fingerprint density at radius 3 is 2.64 bits per heavy atom. The molecule has 5 heteroatoms. The number of carbonyl (C=O) groups is 2. The van der Waals surface area contributed by atoms with Gasteiger partial charge in [-0.25, -0.2) is 0 Å². The van der Waals surface area contributed by atoms with Gasteiger partial charge in [-0.1, -0.05) is 19.4 Å². The van der Waals surface area contributed by atoms with Crippen LogP contribution >= 0.6 is 0 Å². The quantitative estimate of drug-likeness (QED) is 0.799. The first kappa shape index (κ1) is 20.2. The lowest BCUT2D eigenvalue weighted by atomic mass is 9.45. The Morgan fingerprint density at radius 2 is 1.96 bits per heavy atom. The molecule has 4 rings (SSSR count). The van der Waals surface area contributed by atoms with E-state index >= 15 is 0 Å². The van der Waals surface area contributed by atoms with Gasteiger partial charge in [-0.15, -0.1) is 0 Å². The third kappa shape index (κ3) is 2.48.